The number of nitrogens with zero attached hydrogens (tertiary/aromatic N) is 2. The molecule has 0 saturated carbocycles. The lowest BCUT2D eigenvalue weighted by Crippen LogP contribution is -2.44. The Bertz CT molecular complexity index is 738. The Hall–Kier alpha value is -1.95. The van der Waals surface area contributed by atoms with Gasteiger partial charge in [0.1, 0.15) is 0 Å². The van der Waals surface area contributed by atoms with Crippen molar-refractivity contribution in [1.29, 1.82) is 0 Å². The first-order valence-corrected chi connectivity index (χ1v) is 9.28. The normalized spacial score (nSPS) is 15.0. The van der Waals surface area contributed by atoms with Crippen LogP contribution in [0.15, 0.2) is 42.5 Å². The van der Waals surface area contributed by atoms with E-state index in [9.17, 15) is 4.79 Å². The molecule has 0 bridgehead atoms. The zero-order chi connectivity index (χ0) is 18.5. The van der Waals surface area contributed by atoms with Crippen LogP contribution in [0.25, 0.3) is 0 Å². The van der Waals surface area contributed by atoms with E-state index >= 15 is 0 Å². The molecule has 0 aliphatic carbocycles. The number of halogens is 2. The summed E-state index contributed by atoms with van der Waals surface area (Å²) in [6, 6.07) is 13.1. The Balaban J connectivity index is 1.51. The highest BCUT2D eigenvalue weighted by Gasteiger charge is 2.14. The Morgan fingerprint density at radius 2 is 1.58 bits per heavy atom. The van der Waals surface area contributed by atoms with Crippen molar-refractivity contribution in [2.45, 2.75) is 0 Å². The zero-order valence-electron chi connectivity index (χ0n) is 14.6. The molecule has 1 saturated heterocycles. The first-order chi connectivity index (χ1) is 12.5. The van der Waals surface area contributed by atoms with Crippen LogP contribution in [0.3, 0.4) is 0 Å². The van der Waals surface area contributed by atoms with Gasteiger partial charge in [-0.2, -0.15) is 0 Å². The van der Waals surface area contributed by atoms with Gasteiger partial charge in [0.2, 0.25) is 5.91 Å². The molecule has 3 rings (SSSR count). The third-order valence-corrected chi connectivity index (χ3v) is 4.77. The molecule has 2 aromatic carbocycles. The highest BCUT2D eigenvalue weighted by atomic mass is 35.5. The summed E-state index contributed by atoms with van der Waals surface area (Å²) in [6.07, 6.45) is 0. The molecular formula is C19H22Cl2N4O. The van der Waals surface area contributed by atoms with E-state index in [-0.39, 0.29) is 12.5 Å². The molecule has 1 fully saturated rings. The number of amides is 1. The lowest BCUT2D eigenvalue weighted by atomic mass is 10.2. The van der Waals surface area contributed by atoms with Crippen LogP contribution in [0.2, 0.25) is 10.0 Å². The van der Waals surface area contributed by atoms with Gasteiger partial charge >= 0.3 is 0 Å². The summed E-state index contributed by atoms with van der Waals surface area (Å²) in [6.45, 7) is 4.31. The highest BCUT2D eigenvalue weighted by Crippen LogP contribution is 2.22. The first kappa shape index (κ1) is 18.8. The van der Waals surface area contributed by atoms with E-state index in [0.29, 0.717) is 15.7 Å². The van der Waals surface area contributed by atoms with E-state index in [2.05, 4.69) is 27.5 Å². The largest absolute Gasteiger partial charge is 0.376 e. The fourth-order valence-corrected chi connectivity index (χ4v) is 3.39. The van der Waals surface area contributed by atoms with Crippen LogP contribution in [0, 0.1) is 0 Å². The predicted molar refractivity (Wildman–Crippen MR) is 110 cm³/mol. The molecule has 0 unspecified atom stereocenters. The smallest absolute Gasteiger partial charge is 0.243 e. The predicted octanol–water partition coefficient (Wildman–Crippen LogP) is 3.80. The van der Waals surface area contributed by atoms with E-state index < -0.39 is 0 Å². The van der Waals surface area contributed by atoms with Crippen molar-refractivity contribution in [1.82, 2.24) is 4.90 Å². The van der Waals surface area contributed by atoms with Crippen molar-refractivity contribution in [2.24, 2.45) is 0 Å². The molecular weight excluding hydrogens is 371 g/mol. The van der Waals surface area contributed by atoms with Crippen molar-refractivity contribution in [3.05, 3.63) is 52.5 Å². The number of hydrogen-bond donors (Lipinski definition) is 2. The zero-order valence-corrected chi connectivity index (χ0v) is 16.1. The van der Waals surface area contributed by atoms with Crippen molar-refractivity contribution >= 4 is 46.2 Å². The van der Waals surface area contributed by atoms with Gasteiger partial charge < -0.3 is 20.4 Å². The van der Waals surface area contributed by atoms with Crippen molar-refractivity contribution in [3.63, 3.8) is 0 Å². The molecule has 5 nitrogen and oxygen atoms in total. The number of likely N-dealkylation sites (N-methyl/N-ethyl adjacent to an activating group) is 1. The topological polar surface area (TPSA) is 47.6 Å². The Kier molecular flexibility index (Phi) is 6.25. The van der Waals surface area contributed by atoms with Crippen LogP contribution in [-0.2, 0) is 4.79 Å². The van der Waals surface area contributed by atoms with E-state index in [1.807, 2.05) is 24.3 Å². The molecule has 26 heavy (non-hydrogen) atoms. The molecule has 1 amide bonds. The monoisotopic (exact) mass is 392 g/mol. The minimum absolute atomic E-state index is 0.131. The van der Waals surface area contributed by atoms with Crippen molar-refractivity contribution in [3.8, 4) is 0 Å². The van der Waals surface area contributed by atoms with Crippen LogP contribution in [0.4, 0.5) is 17.1 Å². The van der Waals surface area contributed by atoms with E-state index in [4.69, 9.17) is 23.2 Å². The molecule has 138 valence electrons. The molecule has 0 atom stereocenters. The van der Waals surface area contributed by atoms with E-state index in [1.165, 1.54) is 5.69 Å². The number of nitrogens with one attached hydrogen (secondary N) is 2. The summed E-state index contributed by atoms with van der Waals surface area (Å²) in [7, 11) is 2.14. The molecule has 7 heteroatoms. The average Bonchev–Trinajstić information content (AvgIpc) is 2.61. The van der Waals surface area contributed by atoms with Crippen LogP contribution in [0.5, 0.6) is 0 Å². The van der Waals surface area contributed by atoms with Gasteiger partial charge in [-0.05, 0) is 49.5 Å². The number of hydrogen-bond acceptors (Lipinski definition) is 4. The molecule has 0 radical (unpaired) electrons. The van der Waals surface area contributed by atoms with E-state index in [1.54, 1.807) is 18.2 Å². The van der Waals surface area contributed by atoms with E-state index in [0.717, 1.165) is 31.9 Å². The first-order valence-electron chi connectivity index (χ1n) is 8.53. The van der Waals surface area contributed by atoms with Gasteiger partial charge in [-0.3, -0.25) is 4.79 Å². The Labute approximate surface area is 163 Å². The van der Waals surface area contributed by atoms with Gasteiger partial charge in [0.05, 0.1) is 6.54 Å². The number of carbonyl (C=O) groups excluding carboxylic acids is 1. The fraction of sp³-hybridized carbons (Fsp3) is 0.316. The second kappa shape index (κ2) is 8.62. The van der Waals surface area contributed by atoms with Gasteiger partial charge in [-0.15, -0.1) is 0 Å². The third-order valence-electron chi connectivity index (χ3n) is 4.34. The second-order valence-corrected chi connectivity index (χ2v) is 7.27. The SMILES string of the molecule is CN1CCN(c2ccc(NC(=O)CNc3cc(Cl)cc(Cl)c3)cc2)CC1. The molecule has 1 heterocycles. The van der Waals surface area contributed by atoms with Gasteiger partial charge in [0, 0.05) is 53.3 Å². The molecule has 2 aromatic rings. The maximum absolute atomic E-state index is 12.1. The summed E-state index contributed by atoms with van der Waals surface area (Å²) in [5.41, 5.74) is 2.67. The van der Waals surface area contributed by atoms with Crippen LogP contribution >= 0.6 is 23.2 Å². The molecule has 1 aliphatic rings. The maximum atomic E-state index is 12.1. The van der Waals surface area contributed by atoms with Crippen LogP contribution < -0.4 is 15.5 Å². The Morgan fingerprint density at radius 3 is 2.19 bits per heavy atom. The fourth-order valence-electron chi connectivity index (χ4n) is 2.86. The van der Waals surface area contributed by atoms with Gasteiger partial charge in [0.15, 0.2) is 0 Å². The highest BCUT2D eigenvalue weighted by molar-refractivity contribution is 6.35. The second-order valence-electron chi connectivity index (χ2n) is 6.40. The number of piperazine rings is 1. The minimum Gasteiger partial charge on any atom is -0.376 e. The molecule has 2 N–H and O–H groups in total. The molecule has 1 aliphatic heterocycles. The quantitative estimate of drug-likeness (QED) is 0.812. The lowest BCUT2D eigenvalue weighted by molar-refractivity contribution is -0.114. The summed E-state index contributed by atoms with van der Waals surface area (Å²) >= 11 is 11.9. The number of benzene rings is 2. The summed E-state index contributed by atoms with van der Waals surface area (Å²) in [5.74, 6) is -0.131. The van der Waals surface area contributed by atoms with Crippen LogP contribution in [-0.4, -0.2) is 50.6 Å². The van der Waals surface area contributed by atoms with Gasteiger partial charge in [0.25, 0.3) is 0 Å². The van der Waals surface area contributed by atoms with Crippen LogP contribution in [0.1, 0.15) is 0 Å². The number of carbonyl (C=O) groups is 1. The third kappa shape index (κ3) is 5.27. The molecule has 0 aromatic heterocycles. The van der Waals surface area contributed by atoms with Crippen molar-refractivity contribution < 1.29 is 4.79 Å². The minimum atomic E-state index is -0.131. The van der Waals surface area contributed by atoms with Gasteiger partial charge in [-0.25, -0.2) is 0 Å². The van der Waals surface area contributed by atoms with Crippen molar-refractivity contribution in [2.75, 3.05) is 55.3 Å². The number of anilines is 3. The summed E-state index contributed by atoms with van der Waals surface area (Å²) in [4.78, 5) is 16.8. The summed E-state index contributed by atoms with van der Waals surface area (Å²) in [5, 5.41) is 6.96. The summed E-state index contributed by atoms with van der Waals surface area (Å²) < 4.78 is 0. The Morgan fingerprint density at radius 1 is 0.962 bits per heavy atom. The maximum Gasteiger partial charge on any atom is 0.243 e. The molecule has 0 spiro atoms. The number of rotatable bonds is 5. The average molecular weight is 393 g/mol. The standard InChI is InChI=1S/C19H22Cl2N4O/c1-24-6-8-25(9-7-24)18-4-2-16(3-5-18)23-19(26)13-22-17-11-14(20)10-15(21)12-17/h2-5,10-12,22H,6-9,13H2,1H3,(H,23,26). The lowest BCUT2D eigenvalue weighted by Gasteiger charge is -2.34. The van der Waals surface area contributed by atoms with Gasteiger partial charge in [-0.1, -0.05) is 23.2 Å².